The Hall–Kier alpha value is -0.460. The van der Waals surface area contributed by atoms with E-state index in [0.29, 0.717) is 18.4 Å². The van der Waals surface area contributed by atoms with Crippen LogP contribution in [-0.4, -0.2) is 33.0 Å². The Morgan fingerprint density at radius 1 is 1.40 bits per heavy atom. The highest BCUT2D eigenvalue weighted by atomic mass is 79.9. The molecule has 2 aliphatic rings. The van der Waals surface area contributed by atoms with Crippen LogP contribution in [0, 0.1) is 17.2 Å². The quantitative estimate of drug-likeness (QED) is 0.897. The standard InChI is InChI=1S/C14H17BrFNO2S/c15-12-2-1-10(13(16)5-12)6-14(8-17-9-14)11-3-4-20(18,19)7-11/h1-2,5,11,17H,3-4,6-9H2. The van der Waals surface area contributed by atoms with Gasteiger partial charge in [0, 0.05) is 23.0 Å². The van der Waals surface area contributed by atoms with Crippen molar-refractivity contribution in [1.29, 1.82) is 0 Å². The second-order valence-corrected chi connectivity index (χ2v) is 9.12. The van der Waals surface area contributed by atoms with Crippen LogP contribution in [0.25, 0.3) is 0 Å². The molecule has 1 aromatic rings. The van der Waals surface area contributed by atoms with Crippen molar-refractivity contribution < 1.29 is 12.8 Å². The molecular weight excluding hydrogens is 345 g/mol. The molecule has 0 bridgehead atoms. The smallest absolute Gasteiger partial charge is 0.150 e. The van der Waals surface area contributed by atoms with Gasteiger partial charge in [-0.25, -0.2) is 12.8 Å². The molecule has 110 valence electrons. The zero-order valence-corrected chi connectivity index (χ0v) is 13.4. The van der Waals surface area contributed by atoms with Crippen molar-refractivity contribution in [3.05, 3.63) is 34.1 Å². The normalized spacial score (nSPS) is 27.2. The number of rotatable bonds is 3. The average Bonchev–Trinajstić information content (AvgIpc) is 2.67. The van der Waals surface area contributed by atoms with Gasteiger partial charge in [0.15, 0.2) is 9.84 Å². The molecule has 0 aromatic heterocycles. The molecule has 6 heteroatoms. The summed E-state index contributed by atoms with van der Waals surface area (Å²) >= 11 is 3.26. The summed E-state index contributed by atoms with van der Waals surface area (Å²) in [5.41, 5.74) is 0.581. The van der Waals surface area contributed by atoms with Gasteiger partial charge in [-0.3, -0.25) is 0 Å². The number of benzene rings is 1. The van der Waals surface area contributed by atoms with Crippen molar-refractivity contribution in [1.82, 2.24) is 5.32 Å². The molecule has 3 rings (SSSR count). The average molecular weight is 362 g/mol. The van der Waals surface area contributed by atoms with E-state index in [1.807, 2.05) is 6.07 Å². The number of nitrogens with one attached hydrogen (secondary N) is 1. The first-order chi connectivity index (χ1) is 9.40. The van der Waals surface area contributed by atoms with Gasteiger partial charge in [0.05, 0.1) is 11.5 Å². The largest absolute Gasteiger partial charge is 0.315 e. The summed E-state index contributed by atoms with van der Waals surface area (Å²) in [6, 6.07) is 5.10. The van der Waals surface area contributed by atoms with Crippen LogP contribution >= 0.6 is 15.9 Å². The Balaban J connectivity index is 1.83. The van der Waals surface area contributed by atoms with Gasteiger partial charge in [0.25, 0.3) is 0 Å². The highest BCUT2D eigenvalue weighted by Crippen LogP contribution is 2.42. The summed E-state index contributed by atoms with van der Waals surface area (Å²) in [4.78, 5) is 0. The zero-order chi connectivity index (χ0) is 14.4. The van der Waals surface area contributed by atoms with Crippen LogP contribution in [0.5, 0.6) is 0 Å². The van der Waals surface area contributed by atoms with Crippen molar-refractivity contribution in [2.45, 2.75) is 12.8 Å². The summed E-state index contributed by atoms with van der Waals surface area (Å²) < 4.78 is 38.1. The molecule has 0 saturated carbocycles. The minimum atomic E-state index is -2.89. The van der Waals surface area contributed by atoms with Gasteiger partial charge in [0.2, 0.25) is 0 Å². The van der Waals surface area contributed by atoms with Gasteiger partial charge in [-0.05, 0) is 36.5 Å². The second kappa shape index (κ2) is 5.07. The molecule has 1 aromatic carbocycles. The summed E-state index contributed by atoms with van der Waals surface area (Å²) in [6.07, 6.45) is 1.32. The minimum absolute atomic E-state index is 0.0990. The highest BCUT2D eigenvalue weighted by Gasteiger charge is 2.48. The van der Waals surface area contributed by atoms with E-state index in [2.05, 4.69) is 21.2 Å². The van der Waals surface area contributed by atoms with Crippen molar-refractivity contribution in [3.63, 3.8) is 0 Å². The SMILES string of the molecule is O=S1(=O)CCC(C2(Cc3ccc(Br)cc3F)CNC2)C1. The molecule has 3 nitrogen and oxygen atoms in total. The van der Waals surface area contributed by atoms with Crippen molar-refractivity contribution >= 4 is 25.8 Å². The first-order valence-electron chi connectivity index (χ1n) is 6.75. The van der Waals surface area contributed by atoms with E-state index in [0.717, 1.165) is 17.6 Å². The van der Waals surface area contributed by atoms with Crippen LogP contribution in [0.1, 0.15) is 12.0 Å². The lowest BCUT2D eigenvalue weighted by molar-refractivity contribution is 0.0913. The van der Waals surface area contributed by atoms with Gasteiger partial charge >= 0.3 is 0 Å². The fourth-order valence-corrected chi connectivity index (χ4v) is 5.60. The maximum Gasteiger partial charge on any atom is 0.150 e. The maximum absolute atomic E-state index is 14.0. The molecule has 0 amide bonds. The minimum Gasteiger partial charge on any atom is -0.315 e. The fraction of sp³-hybridized carbons (Fsp3) is 0.571. The third kappa shape index (κ3) is 2.65. The molecule has 2 fully saturated rings. The Morgan fingerprint density at radius 3 is 2.65 bits per heavy atom. The molecular formula is C14H17BrFNO2S. The summed E-state index contributed by atoms with van der Waals surface area (Å²) in [6.45, 7) is 1.56. The van der Waals surface area contributed by atoms with Gasteiger partial charge in [0.1, 0.15) is 5.82 Å². The number of sulfone groups is 1. The van der Waals surface area contributed by atoms with Gasteiger partial charge in [-0.15, -0.1) is 0 Å². The van der Waals surface area contributed by atoms with E-state index in [1.165, 1.54) is 6.07 Å². The zero-order valence-electron chi connectivity index (χ0n) is 11.0. The lowest BCUT2D eigenvalue weighted by atomic mass is 9.66. The molecule has 2 heterocycles. The lowest BCUT2D eigenvalue weighted by Crippen LogP contribution is -2.59. The van der Waals surface area contributed by atoms with Crippen LogP contribution in [0.2, 0.25) is 0 Å². The number of hydrogen-bond acceptors (Lipinski definition) is 3. The van der Waals surface area contributed by atoms with Crippen molar-refractivity contribution in [3.8, 4) is 0 Å². The van der Waals surface area contributed by atoms with E-state index >= 15 is 0 Å². The Bertz CT molecular complexity index is 628. The Morgan fingerprint density at radius 2 is 2.15 bits per heavy atom. The van der Waals surface area contributed by atoms with Crippen LogP contribution in [0.3, 0.4) is 0 Å². The molecule has 1 N–H and O–H groups in total. The van der Waals surface area contributed by atoms with E-state index < -0.39 is 9.84 Å². The fourth-order valence-electron chi connectivity index (χ4n) is 3.33. The Kier molecular flexibility index (Phi) is 3.67. The van der Waals surface area contributed by atoms with E-state index in [1.54, 1.807) is 6.07 Å². The van der Waals surface area contributed by atoms with Crippen molar-refractivity contribution in [2.24, 2.45) is 11.3 Å². The van der Waals surface area contributed by atoms with E-state index in [9.17, 15) is 12.8 Å². The van der Waals surface area contributed by atoms with Crippen molar-refractivity contribution in [2.75, 3.05) is 24.6 Å². The van der Waals surface area contributed by atoms with Gasteiger partial charge in [-0.2, -0.15) is 0 Å². The predicted molar refractivity (Wildman–Crippen MR) is 79.9 cm³/mol. The topological polar surface area (TPSA) is 46.2 Å². The molecule has 0 spiro atoms. The molecule has 2 saturated heterocycles. The summed E-state index contributed by atoms with van der Waals surface area (Å²) in [5, 5.41) is 3.23. The van der Waals surface area contributed by atoms with Crippen LogP contribution < -0.4 is 5.32 Å². The molecule has 1 atom stereocenters. The molecule has 0 aliphatic carbocycles. The van der Waals surface area contributed by atoms with E-state index in [-0.39, 0.29) is 28.7 Å². The first-order valence-corrected chi connectivity index (χ1v) is 9.37. The summed E-state index contributed by atoms with van der Waals surface area (Å²) in [5.74, 6) is 0.470. The van der Waals surface area contributed by atoms with Gasteiger partial charge in [-0.1, -0.05) is 22.0 Å². The molecule has 1 unspecified atom stereocenters. The highest BCUT2D eigenvalue weighted by molar-refractivity contribution is 9.10. The Labute approximate surface area is 127 Å². The van der Waals surface area contributed by atoms with Crippen LogP contribution in [0.4, 0.5) is 4.39 Å². The monoisotopic (exact) mass is 361 g/mol. The lowest BCUT2D eigenvalue weighted by Gasteiger charge is -2.47. The number of hydrogen-bond donors (Lipinski definition) is 1. The number of halogens is 2. The molecule has 2 aliphatic heterocycles. The van der Waals surface area contributed by atoms with Crippen LogP contribution in [0.15, 0.2) is 22.7 Å². The van der Waals surface area contributed by atoms with Gasteiger partial charge < -0.3 is 5.32 Å². The van der Waals surface area contributed by atoms with Crippen LogP contribution in [-0.2, 0) is 16.3 Å². The molecule has 20 heavy (non-hydrogen) atoms. The predicted octanol–water partition coefficient (Wildman–Crippen LogP) is 2.16. The molecule has 0 radical (unpaired) electrons. The first kappa shape index (κ1) is 14.5. The summed E-state index contributed by atoms with van der Waals surface area (Å²) in [7, 11) is -2.89. The third-order valence-electron chi connectivity index (χ3n) is 4.61. The van der Waals surface area contributed by atoms with E-state index in [4.69, 9.17) is 0 Å². The third-order valence-corrected chi connectivity index (χ3v) is 6.87. The second-order valence-electron chi connectivity index (χ2n) is 5.98. The maximum atomic E-state index is 14.0.